The van der Waals surface area contributed by atoms with Gasteiger partial charge in [0, 0.05) is 11.3 Å². The number of hydrogen-bond donors (Lipinski definition) is 0. The molecule has 1 amide bonds. The highest BCUT2D eigenvalue weighted by Crippen LogP contribution is 2.36. The van der Waals surface area contributed by atoms with Gasteiger partial charge in [0.25, 0.3) is 5.91 Å². The third-order valence-corrected chi connectivity index (χ3v) is 3.99. The van der Waals surface area contributed by atoms with Crippen molar-refractivity contribution in [2.45, 2.75) is 6.54 Å². The molecule has 0 aromatic heterocycles. The van der Waals surface area contributed by atoms with Crippen LogP contribution < -0.4 is 19.1 Å². The fraction of sp³-hybridized carbons (Fsp3) is 0.235. The summed E-state index contributed by atoms with van der Waals surface area (Å²) in [5.41, 5.74) is 1.57. The van der Waals surface area contributed by atoms with Crippen LogP contribution in [0.4, 0.5) is 5.69 Å². The Labute approximate surface area is 139 Å². The number of fused-ring (bicyclic) bond motifs is 1. The second-order valence-corrected chi connectivity index (χ2v) is 5.44. The molecular formula is C17H16ClNO4. The van der Waals surface area contributed by atoms with Gasteiger partial charge in [-0.3, -0.25) is 4.79 Å². The summed E-state index contributed by atoms with van der Waals surface area (Å²) in [6.07, 6.45) is 0. The van der Waals surface area contributed by atoms with E-state index in [1.807, 2.05) is 18.2 Å². The van der Waals surface area contributed by atoms with Crippen molar-refractivity contribution in [3.8, 4) is 17.2 Å². The number of anilines is 1. The smallest absolute Gasteiger partial charge is 0.265 e. The highest BCUT2D eigenvalue weighted by molar-refractivity contribution is 6.32. The number of hydrogen-bond acceptors (Lipinski definition) is 4. The van der Waals surface area contributed by atoms with E-state index >= 15 is 0 Å². The molecule has 0 unspecified atom stereocenters. The van der Waals surface area contributed by atoms with Crippen LogP contribution >= 0.6 is 11.6 Å². The van der Waals surface area contributed by atoms with Gasteiger partial charge in [0.05, 0.1) is 25.8 Å². The predicted molar refractivity (Wildman–Crippen MR) is 87.7 cm³/mol. The van der Waals surface area contributed by atoms with Crippen LogP contribution in [0.2, 0.25) is 5.02 Å². The fourth-order valence-corrected chi connectivity index (χ4v) is 2.79. The molecule has 120 valence electrons. The first-order chi connectivity index (χ1) is 11.1. The summed E-state index contributed by atoms with van der Waals surface area (Å²) in [4.78, 5) is 14.1. The maximum atomic E-state index is 12.4. The number of nitrogens with zero attached hydrogens (tertiary/aromatic N) is 1. The molecule has 0 atom stereocenters. The average Bonchev–Trinajstić information content (AvgIpc) is 2.74. The third-order valence-electron chi connectivity index (χ3n) is 3.70. The monoisotopic (exact) mass is 333 g/mol. The lowest BCUT2D eigenvalue weighted by molar-refractivity contribution is -0.120. The first kappa shape index (κ1) is 15.5. The first-order valence-electron chi connectivity index (χ1n) is 7.06. The number of para-hydroxylation sites is 1. The molecule has 6 heteroatoms. The average molecular weight is 334 g/mol. The van der Waals surface area contributed by atoms with E-state index in [1.54, 1.807) is 37.3 Å². The summed E-state index contributed by atoms with van der Waals surface area (Å²) < 4.78 is 16.1. The lowest BCUT2D eigenvalue weighted by atomic mass is 10.1. The second-order valence-electron chi connectivity index (χ2n) is 5.04. The molecule has 0 radical (unpaired) electrons. The number of carbonyl (C=O) groups excluding carboxylic acids is 1. The van der Waals surface area contributed by atoms with Crippen molar-refractivity contribution >= 4 is 23.2 Å². The van der Waals surface area contributed by atoms with Gasteiger partial charge in [0.15, 0.2) is 18.1 Å². The van der Waals surface area contributed by atoms with Crippen LogP contribution in [-0.4, -0.2) is 26.7 Å². The second kappa shape index (κ2) is 6.38. The molecule has 0 spiro atoms. The van der Waals surface area contributed by atoms with Gasteiger partial charge in [0.1, 0.15) is 5.75 Å². The summed E-state index contributed by atoms with van der Waals surface area (Å²) in [5.74, 6) is 1.64. The highest BCUT2D eigenvalue weighted by atomic mass is 35.5. The predicted octanol–water partition coefficient (Wildman–Crippen LogP) is 3.28. The van der Waals surface area contributed by atoms with Gasteiger partial charge in [0.2, 0.25) is 0 Å². The zero-order valence-electron chi connectivity index (χ0n) is 12.8. The number of halogens is 1. The lowest BCUT2D eigenvalue weighted by Crippen LogP contribution is -2.32. The minimum Gasteiger partial charge on any atom is -0.495 e. The van der Waals surface area contributed by atoms with Gasteiger partial charge >= 0.3 is 0 Å². The molecule has 0 saturated carbocycles. The first-order valence-corrected chi connectivity index (χ1v) is 7.44. The molecule has 0 N–H and O–H groups in total. The SMILES string of the molecule is COc1ccc(N2Cc3cccc(OC)c3OCC2=O)cc1Cl. The van der Waals surface area contributed by atoms with E-state index in [2.05, 4.69) is 0 Å². The molecule has 23 heavy (non-hydrogen) atoms. The van der Waals surface area contributed by atoms with Crippen LogP contribution in [0.5, 0.6) is 17.2 Å². The van der Waals surface area contributed by atoms with Crippen molar-refractivity contribution in [1.29, 1.82) is 0 Å². The Hall–Kier alpha value is -2.40. The van der Waals surface area contributed by atoms with E-state index < -0.39 is 0 Å². The Morgan fingerprint density at radius 1 is 1.13 bits per heavy atom. The summed E-state index contributed by atoms with van der Waals surface area (Å²) in [5, 5.41) is 0.453. The van der Waals surface area contributed by atoms with E-state index in [0.717, 1.165) is 5.56 Å². The van der Waals surface area contributed by atoms with E-state index in [0.29, 0.717) is 34.5 Å². The quantitative estimate of drug-likeness (QED) is 0.865. The zero-order chi connectivity index (χ0) is 16.4. The van der Waals surface area contributed by atoms with Gasteiger partial charge < -0.3 is 19.1 Å². The number of carbonyl (C=O) groups is 1. The zero-order valence-corrected chi connectivity index (χ0v) is 13.6. The maximum Gasteiger partial charge on any atom is 0.265 e. The van der Waals surface area contributed by atoms with Crippen molar-refractivity contribution in [3.05, 3.63) is 47.0 Å². The van der Waals surface area contributed by atoms with Crippen LogP contribution in [0, 0.1) is 0 Å². The largest absolute Gasteiger partial charge is 0.495 e. The van der Waals surface area contributed by atoms with E-state index in [4.69, 9.17) is 25.8 Å². The Morgan fingerprint density at radius 3 is 2.61 bits per heavy atom. The molecule has 5 nitrogen and oxygen atoms in total. The Bertz CT molecular complexity index is 747. The molecule has 0 aliphatic carbocycles. The van der Waals surface area contributed by atoms with E-state index in [1.165, 1.54) is 0 Å². The third kappa shape index (κ3) is 2.92. The number of benzene rings is 2. The summed E-state index contributed by atoms with van der Waals surface area (Å²) in [7, 11) is 3.13. The molecule has 0 bridgehead atoms. The number of methoxy groups -OCH3 is 2. The minimum atomic E-state index is -0.149. The van der Waals surface area contributed by atoms with Gasteiger partial charge in [-0.2, -0.15) is 0 Å². The van der Waals surface area contributed by atoms with Crippen LogP contribution in [0.1, 0.15) is 5.56 Å². The van der Waals surface area contributed by atoms with E-state index in [9.17, 15) is 4.79 Å². The normalized spacial score (nSPS) is 13.9. The van der Waals surface area contributed by atoms with Crippen molar-refractivity contribution < 1.29 is 19.0 Å². The van der Waals surface area contributed by atoms with Crippen LogP contribution in [0.25, 0.3) is 0 Å². The van der Waals surface area contributed by atoms with Crippen LogP contribution in [0.15, 0.2) is 36.4 Å². The molecule has 1 heterocycles. The topological polar surface area (TPSA) is 48.0 Å². The lowest BCUT2D eigenvalue weighted by Gasteiger charge is -2.21. The molecular weight excluding hydrogens is 318 g/mol. The summed E-state index contributed by atoms with van der Waals surface area (Å²) in [6, 6.07) is 10.8. The van der Waals surface area contributed by atoms with Gasteiger partial charge in [-0.15, -0.1) is 0 Å². The molecule has 1 aliphatic heterocycles. The molecule has 1 aliphatic rings. The van der Waals surface area contributed by atoms with Gasteiger partial charge in [-0.05, 0) is 24.3 Å². The maximum absolute atomic E-state index is 12.4. The standard InChI is InChI=1S/C17H16ClNO4/c1-21-14-7-6-12(8-13(14)18)19-9-11-4-3-5-15(22-2)17(11)23-10-16(19)20/h3-8H,9-10H2,1-2H3. The fourth-order valence-electron chi connectivity index (χ4n) is 2.54. The van der Waals surface area contributed by atoms with Crippen molar-refractivity contribution in [1.82, 2.24) is 0 Å². The van der Waals surface area contributed by atoms with Crippen LogP contribution in [-0.2, 0) is 11.3 Å². The molecule has 2 aromatic rings. The summed E-state index contributed by atoms with van der Waals surface area (Å²) in [6.45, 7) is 0.324. The molecule has 0 saturated heterocycles. The van der Waals surface area contributed by atoms with Crippen molar-refractivity contribution in [2.24, 2.45) is 0 Å². The van der Waals surface area contributed by atoms with E-state index in [-0.39, 0.29) is 12.5 Å². The molecule has 0 fully saturated rings. The van der Waals surface area contributed by atoms with Crippen molar-refractivity contribution in [2.75, 3.05) is 25.7 Å². The van der Waals surface area contributed by atoms with Crippen LogP contribution in [0.3, 0.4) is 0 Å². The van der Waals surface area contributed by atoms with Gasteiger partial charge in [-0.25, -0.2) is 0 Å². The number of rotatable bonds is 3. The highest BCUT2D eigenvalue weighted by Gasteiger charge is 2.25. The Morgan fingerprint density at radius 2 is 1.91 bits per heavy atom. The molecule has 2 aromatic carbocycles. The number of amides is 1. The van der Waals surface area contributed by atoms with Crippen molar-refractivity contribution in [3.63, 3.8) is 0 Å². The Balaban J connectivity index is 1.99. The minimum absolute atomic E-state index is 0.0585. The van der Waals surface area contributed by atoms with Gasteiger partial charge in [-0.1, -0.05) is 23.7 Å². The molecule has 3 rings (SSSR count). The Kier molecular flexibility index (Phi) is 4.30. The summed E-state index contributed by atoms with van der Waals surface area (Å²) >= 11 is 6.17. The number of ether oxygens (including phenoxy) is 3.